The predicted octanol–water partition coefficient (Wildman–Crippen LogP) is 4.41. The molecule has 4 heteroatoms. The summed E-state index contributed by atoms with van der Waals surface area (Å²) in [6, 6.07) is 18.1. The Morgan fingerprint density at radius 2 is 2.04 bits per heavy atom. The maximum absolute atomic E-state index is 5.84. The molecule has 0 spiro atoms. The van der Waals surface area contributed by atoms with Crippen LogP contribution in [0.5, 0.6) is 5.75 Å². The highest BCUT2D eigenvalue weighted by Gasteiger charge is 2.08. The zero-order valence-corrected chi connectivity index (χ0v) is 14.0. The number of hydrogen-bond acceptors (Lipinski definition) is 4. The molecule has 1 aromatic carbocycles. The standard InChI is InChI=1S/C20H22N2O2/c1-15-9-10-20(24-15)13-22-16(2)17-6-5-8-19(12-17)23-14-18-7-3-4-11-21-18/h3-12,16,22H,13-14H2,1-2H3. The summed E-state index contributed by atoms with van der Waals surface area (Å²) >= 11 is 0. The van der Waals surface area contributed by atoms with Crippen LogP contribution in [0.1, 0.15) is 35.7 Å². The summed E-state index contributed by atoms with van der Waals surface area (Å²) in [5, 5.41) is 3.47. The molecule has 0 fully saturated rings. The topological polar surface area (TPSA) is 47.3 Å². The molecule has 1 atom stereocenters. The van der Waals surface area contributed by atoms with Crippen molar-refractivity contribution < 1.29 is 9.15 Å². The van der Waals surface area contributed by atoms with E-state index in [1.807, 2.05) is 49.4 Å². The molecule has 0 radical (unpaired) electrons. The molecular formula is C20H22N2O2. The first-order chi connectivity index (χ1) is 11.7. The van der Waals surface area contributed by atoms with Gasteiger partial charge in [0.05, 0.1) is 12.2 Å². The molecule has 3 aromatic rings. The second-order valence-corrected chi connectivity index (χ2v) is 5.80. The van der Waals surface area contributed by atoms with Gasteiger partial charge in [-0.2, -0.15) is 0 Å². The van der Waals surface area contributed by atoms with E-state index >= 15 is 0 Å². The van der Waals surface area contributed by atoms with E-state index in [2.05, 4.69) is 29.4 Å². The van der Waals surface area contributed by atoms with Gasteiger partial charge in [-0.3, -0.25) is 4.98 Å². The van der Waals surface area contributed by atoms with E-state index in [4.69, 9.17) is 9.15 Å². The summed E-state index contributed by atoms with van der Waals surface area (Å²) < 4.78 is 11.4. The molecule has 2 aromatic heterocycles. The van der Waals surface area contributed by atoms with Gasteiger partial charge in [0.1, 0.15) is 23.9 Å². The van der Waals surface area contributed by atoms with Crippen molar-refractivity contribution in [3.63, 3.8) is 0 Å². The Kier molecular flexibility index (Phi) is 5.29. The molecule has 0 aliphatic carbocycles. The Balaban J connectivity index is 1.57. The lowest BCUT2D eigenvalue weighted by Crippen LogP contribution is -2.17. The van der Waals surface area contributed by atoms with Crippen molar-refractivity contribution in [2.75, 3.05) is 0 Å². The Hall–Kier alpha value is -2.59. The monoisotopic (exact) mass is 322 g/mol. The minimum atomic E-state index is 0.203. The summed E-state index contributed by atoms with van der Waals surface area (Å²) in [7, 11) is 0. The van der Waals surface area contributed by atoms with Gasteiger partial charge >= 0.3 is 0 Å². The van der Waals surface area contributed by atoms with Crippen LogP contribution < -0.4 is 10.1 Å². The third kappa shape index (κ3) is 4.46. The van der Waals surface area contributed by atoms with E-state index in [9.17, 15) is 0 Å². The highest BCUT2D eigenvalue weighted by atomic mass is 16.5. The lowest BCUT2D eigenvalue weighted by Gasteiger charge is -2.15. The van der Waals surface area contributed by atoms with Crippen molar-refractivity contribution in [1.82, 2.24) is 10.3 Å². The molecule has 4 nitrogen and oxygen atoms in total. The third-order valence-corrected chi connectivity index (χ3v) is 3.85. The summed E-state index contributed by atoms with van der Waals surface area (Å²) in [5.74, 6) is 2.73. The zero-order chi connectivity index (χ0) is 16.8. The van der Waals surface area contributed by atoms with Crippen molar-refractivity contribution in [2.24, 2.45) is 0 Å². The minimum absolute atomic E-state index is 0.203. The Morgan fingerprint density at radius 3 is 2.79 bits per heavy atom. The number of hydrogen-bond donors (Lipinski definition) is 1. The fraction of sp³-hybridized carbons (Fsp3) is 0.250. The van der Waals surface area contributed by atoms with E-state index in [1.165, 1.54) is 5.56 Å². The Labute approximate surface area is 142 Å². The van der Waals surface area contributed by atoms with Crippen molar-refractivity contribution in [1.29, 1.82) is 0 Å². The van der Waals surface area contributed by atoms with Crippen LogP contribution in [-0.4, -0.2) is 4.98 Å². The van der Waals surface area contributed by atoms with Gasteiger partial charge in [0.15, 0.2) is 0 Å². The number of benzene rings is 1. The van der Waals surface area contributed by atoms with Gasteiger partial charge in [0, 0.05) is 12.2 Å². The number of aromatic nitrogens is 1. The molecule has 1 N–H and O–H groups in total. The average Bonchev–Trinajstić information content (AvgIpc) is 3.04. The summed E-state index contributed by atoms with van der Waals surface area (Å²) in [4.78, 5) is 4.27. The Morgan fingerprint density at radius 1 is 1.12 bits per heavy atom. The molecule has 24 heavy (non-hydrogen) atoms. The lowest BCUT2D eigenvalue weighted by atomic mass is 10.1. The van der Waals surface area contributed by atoms with Gasteiger partial charge in [0.25, 0.3) is 0 Å². The van der Waals surface area contributed by atoms with Crippen LogP contribution in [0.2, 0.25) is 0 Å². The van der Waals surface area contributed by atoms with Crippen LogP contribution >= 0.6 is 0 Å². The fourth-order valence-corrected chi connectivity index (χ4v) is 2.47. The molecule has 0 amide bonds. The lowest BCUT2D eigenvalue weighted by molar-refractivity contribution is 0.300. The van der Waals surface area contributed by atoms with Crippen LogP contribution in [0.4, 0.5) is 0 Å². The van der Waals surface area contributed by atoms with Gasteiger partial charge in [-0.1, -0.05) is 18.2 Å². The molecular weight excluding hydrogens is 300 g/mol. The minimum Gasteiger partial charge on any atom is -0.487 e. The first-order valence-electron chi connectivity index (χ1n) is 8.12. The summed E-state index contributed by atoms with van der Waals surface area (Å²) in [5.41, 5.74) is 2.10. The van der Waals surface area contributed by atoms with Gasteiger partial charge in [-0.05, 0) is 55.8 Å². The average molecular weight is 322 g/mol. The molecule has 0 aliphatic rings. The van der Waals surface area contributed by atoms with Gasteiger partial charge < -0.3 is 14.5 Å². The van der Waals surface area contributed by atoms with Crippen LogP contribution in [0.3, 0.4) is 0 Å². The van der Waals surface area contributed by atoms with Crippen molar-refractivity contribution in [3.8, 4) is 5.75 Å². The molecule has 2 heterocycles. The van der Waals surface area contributed by atoms with Gasteiger partial charge in [-0.25, -0.2) is 0 Å². The van der Waals surface area contributed by atoms with Gasteiger partial charge in [-0.15, -0.1) is 0 Å². The van der Waals surface area contributed by atoms with Crippen molar-refractivity contribution >= 4 is 0 Å². The molecule has 1 unspecified atom stereocenters. The highest BCUT2D eigenvalue weighted by Crippen LogP contribution is 2.20. The van der Waals surface area contributed by atoms with Gasteiger partial charge in [0.2, 0.25) is 0 Å². The maximum atomic E-state index is 5.84. The SMILES string of the molecule is Cc1ccc(CNC(C)c2cccc(OCc3ccccn3)c2)o1. The van der Waals surface area contributed by atoms with E-state index in [0.717, 1.165) is 23.0 Å². The first-order valence-corrected chi connectivity index (χ1v) is 8.12. The van der Waals surface area contributed by atoms with E-state index < -0.39 is 0 Å². The molecule has 0 saturated heterocycles. The van der Waals surface area contributed by atoms with E-state index in [1.54, 1.807) is 6.20 Å². The summed E-state index contributed by atoms with van der Waals surface area (Å²) in [6.45, 7) is 5.26. The Bertz CT molecular complexity index is 768. The molecule has 3 rings (SSSR count). The fourth-order valence-electron chi connectivity index (χ4n) is 2.47. The second-order valence-electron chi connectivity index (χ2n) is 5.80. The van der Waals surface area contributed by atoms with Crippen molar-refractivity contribution in [3.05, 3.63) is 83.6 Å². The smallest absolute Gasteiger partial charge is 0.130 e. The number of furan rings is 1. The number of pyridine rings is 1. The normalized spacial score (nSPS) is 12.1. The molecule has 0 bridgehead atoms. The van der Waals surface area contributed by atoms with Crippen LogP contribution in [-0.2, 0) is 13.2 Å². The first kappa shape index (κ1) is 16.3. The third-order valence-electron chi connectivity index (χ3n) is 3.85. The maximum Gasteiger partial charge on any atom is 0.130 e. The van der Waals surface area contributed by atoms with E-state index in [-0.39, 0.29) is 6.04 Å². The number of nitrogens with zero attached hydrogens (tertiary/aromatic N) is 1. The second kappa shape index (κ2) is 7.79. The number of aryl methyl sites for hydroxylation is 1. The predicted molar refractivity (Wildman–Crippen MR) is 93.7 cm³/mol. The number of rotatable bonds is 7. The number of nitrogens with one attached hydrogen (secondary N) is 1. The van der Waals surface area contributed by atoms with Crippen LogP contribution in [0.25, 0.3) is 0 Å². The molecule has 124 valence electrons. The highest BCUT2D eigenvalue weighted by molar-refractivity contribution is 5.30. The summed E-state index contributed by atoms with van der Waals surface area (Å²) in [6.07, 6.45) is 1.78. The zero-order valence-electron chi connectivity index (χ0n) is 14.0. The van der Waals surface area contributed by atoms with E-state index in [0.29, 0.717) is 13.2 Å². The molecule has 0 saturated carbocycles. The number of ether oxygens (including phenoxy) is 1. The van der Waals surface area contributed by atoms with Crippen LogP contribution in [0, 0.1) is 6.92 Å². The molecule has 0 aliphatic heterocycles. The van der Waals surface area contributed by atoms with Crippen LogP contribution in [0.15, 0.2) is 65.2 Å². The largest absolute Gasteiger partial charge is 0.487 e. The quantitative estimate of drug-likeness (QED) is 0.700. The van der Waals surface area contributed by atoms with Crippen molar-refractivity contribution in [2.45, 2.75) is 33.0 Å².